The van der Waals surface area contributed by atoms with Gasteiger partial charge in [0.1, 0.15) is 5.75 Å². The van der Waals surface area contributed by atoms with Crippen molar-refractivity contribution in [1.82, 2.24) is 20.3 Å². The first-order valence-corrected chi connectivity index (χ1v) is 10.2. The van der Waals surface area contributed by atoms with Crippen molar-refractivity contribution in [3.63, 3.8) is 0 Å². The third kappa shape index (κ3) is 3.72. The number of carbonyl (C=O) groups excluding carboxylic acids is 1. The summed E-state index contributed by atoms with van der Waals surface area (Å²) in [6, 6.07) is 12.9. The molecule has 3 aromatic heterocycles. The van der Waals surface area contributed by atoms with Crippen LogP contribution in [0.25, 0.3) is 11.5 Å². The van der Waals surface area contributed by atoms with Gasteiger partial charge in [0.15, 0.2) is 11.5 Å². The summed E-state index contributed by atoms with van der Waals surface area (Å²) in [4.78, 5) is 12.8. The number of hydrogen-bond acceptors (Lipinski definition) is 6. The fourth-order valence-corrected chi connectivity index (χ4v) is 4.05. The summed E-state index contributed by atoms with van der Waals surface area (Å²) >= 11 is 0. The zero-order chi connectivity index (χ0) is 21.2. The van der Waals surface area contributed by atoms with Crippen molar-refractivity contribution in [3.05, 3.63) is 77.4 Å². The average molecular weight is 418 g/mol. The van der Waals surface area contributed by atoms with Gasteiger partial charge >= 0.3 is 0 Å². The Bertz CT molecular complexity index is 1190. The van der Waals surface area contributed by atoms with E-state index in [1.54, 1.807) is 31.6 Å². The second-order valence-electron chi connectivity index (χ2n) is 7.49. The molecule has 4 aromatic rings. The molecule has 1 N–H and O–H groups in total. The molecule has 0 saturated carbocycles. The summed E-state index contributed by atoms with van der Waals surface area (Å²) in [5.74, 6) is 1.51. The van der Waals surface area contributed by atoms with Crippen LogP contribution in [0.5, 0.6) is 5.75 Å². The highest BCUT2D eigenvalue weighted by atomic mass is 16.5. The fourth-order valence-electron chi connectivity index (χ4n) is 4.05. The van der Waals surface area contributed by atoms with Crippen LogP contribution < -0.4 is 10.1 Å². The van der Waals surface area contributed by atoms with Gasteiger partial charge in [0.2, 0.25) is 5.76 Å². The first-order valence-electron chi connectivity index (χ1n) is 10.2. The molecule has 1 amide bonds. The van der Waals surface area contributed by atoms with Crippen LogP contribution in [-0.2, 0) is 13.0 Å². The molecule has 5 rings (SSSR count). The van der Waals surface area contributed by atoms with E-state index in [1.807, 2.05) is 35.1 Å². The topological polar surface area (TPSA) is 95.3 Å². The van der Waals surface area contributed by atoms with Crippen molar-refractivity contribution in [3.8, 4) is 17.3 Å². The molecule has 0 radical (unpaired) electrons. The molecule has 0 spiro atoms. The Balaban J connectivity index is 1.33. The maximum Gasteiger partial charge on any atom is 0.273 e. The molecule has 0 fully saturated rings. The summed E-state index contributed by atoms with van der Waals surface area (Å²) in [6.45, 7) is 0.621. The van der Waals surface area contributed by atoms with Gasteiger partial charge in [-0.3, -0.25) is 9.48 Å². The standard InChI is InChI=1S/C23H22N4O4/c1-29-20-9-3-2-6-15(20)14-27-19-8-4-7-17(16(19)13-24-27)25-23(28)18-12-22(31-26-18)21-10-5-11-30-21/h2-3,5-6,9-13,17H,4,7-8,14H2,1H3,(H,25,28). The number of benzene rings is 1. The molecule has 3 heterocycles. The molecule has 1 atom stereocenters. The first-order chi connectivity index (χ1) is 15.2. The van der Waals surface area contributed by atoms with Gasteiger partial charge in [-0.25, -0.2) is 0 Å². The number of nitrogens with zero attached hydrogens (tertiary/aromatic N) is 3. The maximum absolute atomic E-state index is 12.8. The molecular weight excluding hydrogens is 396 g/mol. The molecule has 1 unspecified atom stereocenters. The van der Waals surface area contributed by atoms with Gasteiger partial charge in [-0.05, 0) is 37.5 Å². The molecular formula is C23H22N4O4. The van der Waals surface area contributed by atoms with Gasteiger partial charge < -0.3 is 19.0 Å². The summed E-state index contributed by atoms with van der Waals surface area (Å²) in [5, 5.41) is 11.6. The van der Waals surface area contributed by atoms with Crippen LogP contribution in [0.15, 0.2) is 63.9 Å². The van der Waals surface area contributed by atoms with E-state index in [-0.39, 0.29) is 17.6 Å². The van der Waals surface area contributed by atoms with Crippen LogP contribution in [0.4, 0.5) is 0 Å². The van der Waals surface area contributed by atoms with Crippen LogP contribution in [0.1, 0.15) is 46.2 Å². The molecule has 1 aliphatic rings. The fraction of sp³-hybridized carbons (Fsp3) is 0.261. The molecule has 8 nitrogen and oxygen atoms in total. The van der Waals surface area contributed by atoms with Gasteiger partial charge in [-0.2, -0.15) is 5.10 Å². The van der Waals surface area contributed by atoms with Crippen LogP contribution >= 0.6 is 0 Å². The number of methoxy groups -OCH3 is 1. The molecule has 1 aromatic carbocycles. The smallest absolute Gasteiger partial charge is 0.273 e. The van der Waals surface area contributed by atoms with E-state index < -0.39 is 0 Å². The lowest BCUT2D eigenvalue weighted by molar-refractivity contribution is 0.0923. The zero-order valence-electron chi connectivity index (χ0n) is 17.1. The van der Waals surface area contributed by atoms with Crippen LogP contribution in [0, 0.1) is 0 Å². The third-order valence-electron chi connectivity index (χ3n) is 5.59. The summed E-state index contributed by atoms with van der Waals surface area (Å²) in [6.07, 6.45) is 6.13. The molecule has 31 heavy (non-hydrogen) atoms. The monoisotopic (exact) mass is 418 g/mol. The number of rotatable bonds is 6. The number of hydrogen-bond donors (Lipinski definition) is 1. The van der Waals surface area contributed by atoms with E-state index in [2.05, 4.69) is 15.6 Å². The average Bonchev–Trinajstić information content (AvgIpc) is 3.55. The number of fused-ring (bicyclic) bond motifs is 1. The number of nitrogens with one attached hydrogen (secondary N) is 1. The van der Waals surface area contributed by atoms with Gasteiger partial charge in [0.25, 0.3) is 5.91 Å². The normalized spacial score (nSPS) is 15.5. The summed E-state index contributed by atoms with van der Waals surface area (Å²) in [7, 11) is 1.67. The molecule has 8 heteroatoms. The van der Waals surface area contributed by atoms with Crippen molar-refractivity contribution in [2.75, 3.05) is 7.11 Å². The Labute approximate surface area is 178 Å². The van der Waals surface area contributed by atoms with Gasteiger partial charge in [0.05, 0.1) is 32.2 Å². The van der Waals surface area contributed by atoms with Crippen molar-refractivity contribution in [1.29, 1.82) is 0 Å². The minimum absolute atomic E-state index is 0.119. The molecule has 1 aliphatic carbocycles. The number of ether oxygens (including phenoxy) is 1. The Kier molecular flexibility index (Phi) is 5.03. The summed E-state index contributed by atoms with van der Waals surface area (Å²) < 4.78 is 18.0. The largest absolute Gasteiger partial charge is 0.496 e. The SMILES string of the molecule is COc1ccccc1Cn1ncc2c1CCCC2NC(=O)c1cc(-c2ccco2)on1. The zero-order valence-corrected chi connectivity index (χ0v) is 17.1. The van der Waals surface area contributed by atoms with E-state index in [1.165, 1.54) is 0 Å². The Hall–Kier alpha value is -3.81. The van der Waals surface area contributed by atoms with Crippen LogP contribution in [0.2, 0.25) is 0 Å². The van der Waals surface area contributed by atoms with Crippen molar-refractivity contribution in [2.24, 2.45) is 0 Å². The van der Waals surface area contributed by atoms with Crippen molar-refractivity contribution in [2.45, 2.75) is 31.8 Å². The second-order valence-corrected chi connectivity index (χ2v) is 7.49. The van der Waals surface area contributed by atoms with E-state index >= 15 is 0 Å². The van der Waals surface area contributed by atoms with Crippen molar-refractivity contribution >= 4 is 5.91 Å². The minimum atomic E-state index is -0.281. The van der Waals surface area contributed by atoms with Crippen molar-refractivity contribution < 1.29 is 18.5 Å². The highest BCUT2D eigenvalue weighted by Gasteiger charge is 2.27. The van der Waals surface area contributed by atoms with Gasteiger partial charge in [-0.1, -0.05) is 23.4 Å². The Morgan fingerprint density at radius 1 is 1.26 bits per heavy atom. The van der Waals surface area contributed by atoms with Crippen LogP contribution in [0.3, 0.4) is 0 Å². The number of carbonyl (C=O) groups is 1. The van der Waals surface area contributed by atoms with E-state index in [4.69, 9.17) is 13.7 Å². The quantitative estimate of drug-likeness (QED) is 0.509. The second kappa shape index (κ2) is 8.14. The number of para-hydroxylation sites is 1. The number of furan rings is 1. The maximum atomic E-state index is 12.8. The van der Waals surface area contributed by atoms with Gasteiger partial charge in [-0.15, -0.1) is 0 Å². The number of amides is 1. The first kappa shape index (κ1) is 19.2. The highest BCUT2D eigenvalue weighted by molar-refractivity contribution is 5.93. The lowest BCUT2D eigenvalue weighted by Crippen LogP contribution is -2.31. The lowest BCUT2D eigenvalue weighted by atomic mass is 9.92. The predicted octanol–water partition coefficient (Wildman–Crippen LogP) is 4.00. The van der Waals surface area contributed by atoms with E-state index in [0.717, 1.165) is 41.8 Å². The molecule has 0 saturated heterocycles. The Morgan fingerprint density at radius 3 is 3.00 bits per heavy atom. The molecule has 0 bridgehead atoms. The molecule has 0 aliphatic heterocycles. The lowest BCUT2D eigenvalue weighted by Gasteiger charge is -2.24. The predicted molar refractivity (Wildman–Crippen MR) is 112 cm³/mol. The van der Waals surface area contributed by atoms with E-state index in [0.29, 0.717) is 18.1 Å². The van der Waals surface area contributed by atoms with Crippen LogP contribution in [-0.4, -0.2) is 28.0 Å². The minimum Gasteiger partial charge on any atom is -0.496 e. The molecule has 158 valence electrons. The van der Waals surface area contributed by atoms with Gasteiger partial charge in [0, 0.05) is 22.9 Å². The van der Waals surface area contributed by atoms with E-state index in [9.17, 15) is 4.79 Å². The third-order valence-corrected chi connectivity index (χ3v) is 5.59. The number of aromatic nitrogens is 3. The Morgan fingerprint density at radius 2 is 2.16 bits per heavy atom. The summed E-state index contributed by atoms with van der Waals surface area (Å²) in [5.41, 5.74) is 3.47. The highest BCUT2D eigenvalue weighted by Crippen LogP contribution is 2.31.